The van der Waals surface area contributed by atoms with Crippen molar-refractivity contribution < 1.29 is 9.13 Å². The molecule has 0 radical (unpaired) electrons. The van der Waals surface area contributed by atoms with E-state index in [1.165, 1.54) is 12.1 Å². The highest BCUT2D eigenvalue weighted by molar-refractivity contribution is 9.10. The number of halogens is 2. The normalized spacial score (nSPS) is 12.2. The second-order valence-corrected chi connectivity index (χ2v) is 5.60. The lowest BCUT2D eigenvalue weighted by Crippen LogP contribution is -2.21. The van der Waals surface area contributed by atoms with Crippen LogP contribution in [0.5, 0.6) is 11.5 Å². The average Bonchev–Trinajstić information content (AvgIpc) is 2.44. The van der Waals surface area contributed by atoms with Gasteiger partial charge in [-0.2, -0.15) is 0 Å². The molecular formula is C16H17BrFNO. The van der Waals surface area contributed by atoms with Crippen LogP contribution >= 0.6 is 15.9 Å². The first kappa shape index (κ1) is 15.0. The Labute approximate surface area is 126 Å². The van der Waals surface area contributed by atoms with E-state index < -0.39 is 0 Å². The van der Waals surface area contributed by atoms with Gasteiger partial charge in [0.15, 0.2) is 0 Å². The van der Waals surface area contributed by atoms with Gasteiger partial charge in [-0.1, -0.05) is 22.9 Å². The molecule has 1 unspecified atom stereocenters. The fourth-order valence-corrected chi connectivity index (χ4v) is 2.13. The Kier molecular flexibility index (Phi) is 5.15. The van der Waals surface area contributed by atoms with Crippen molar-refractivity contribution in [2.45, 2.75) is 25.8 Å². The molecular weight excluding hydrogens is 321 g/mol. The molecule has 0 amide bonds. The van der Waals surface area contributed by atoms with Crippen LogP contribution in [0.4, 0.5) is 4.39 Å². The lowest BCUT2D eigenvalue weighted by molar-refractivity contribution is 0.469. The van der Waals surface area contributed by atoms with E-state index in [4.69, 9.17) is 10.5 Å². The zero-order valence-corrected chi connectivity index (χ0v) is 12.9. The number of ether oxygens (including phenoxy) is 1. The van der Waals surface area contributed by atoms with Crippen molar-refractivity contribution in [1.29, 1.82) is 0 Å². The SMILES string of the molecule is CCC(N)Cc1cc(F)ccc1Oc1ccc(Br)cc1. The summed E-state index contributed by atoms with van der Waals surface area (Å²) in [6, 6.07) is 12.1. The summed E-state index contributed by atoms with van der Waals surface area (Å²) in [5.74, 6) is 1.09. The lowest BCUT2D eigenvalue weighted by Gasteiger charge is -2.14. The third-order valence-corrected chi connectivity index (χ3v) is 3.60. The smallest absolute Gasteiger partial charge is 0.130 e. The first-order valence-corrected chi connectivity index (χ1v) is 7.35. The van der Waals surface area contributed by atoms with E-state index in [2.05, 4.69) is 15.9 Å². The molecule has 0 aromatic heterocycles. The third-order valence-electron chi connectivity index (χ3n) is 3.07. The molecule has 2 rings (SSSR count). The maximum Gasteiger partial charge on any atom is 0.130 e. The number of rotatable bonds is 5. The summed E-state index contributed by atoms with van der Waals surface area (Å²) < 4.78 is 20.2. The summed E-state index contributed by atoms with van der Waals surface area (Å²) in [6.45, 7) is 2.01. The summed E-state index contributed by atoms with van der Waals surface area (Å²) in [6.07, 6.45) is 1.44. The van der Waals surface area contributed by atoms with Gasteiger partial charge in [0.25, 0.3) is 0 Å². The van der Waals surface area contributed by atoms with Crippen molar-refractivity contribution in [3.8, 4) is 11.5 Å². The molecule has 0 heterocycles. The summed E-state index contributed by atoms with van der Waals surface area (Å²) in [7, 11) is 0. The van der Waals surface area contributed by atoms with Gasteiger partial charge in [0.2, 0.25) is 0 Å². The quantitative estimate of drug-likeness (QED) is 0.861. The number of benzene rings is 2. The summed E-state index contributed by atoms with van der Waals surface area (Å²) >= 11 is 3.38. The molecule has 0 aliphatic heterocycles. The van der Waals surface area contributed by atoms with Crippen LogP contribution in [0.25, 0.3) is 0 Å². The highest BCUT2D eigenvalue weighted by atomic mass is 79.9. The van der Waals surface area contributed by atoms with Crippen LogP contribution < -0.4 is 10.5 Å². The molecule has 1 atom stereocenters. The molecule has 2 aromatic rings. The zero-order chi connectivity index (χ0) is 14.5. The Morgan fingerprint density at radius 1 is 1.20 bits per heavy atom. The second-order valence-electron chi connectivity index (χ2n) is 4.68. The van der Waals surface area contributed by atoms with Gasteiger partial charge in [-0.25, -0.2) is 4.39 Å². The molecule has 2 nitrogen and oxygen atoms in total. The number of hydrogen-bond donors (Lipinski definition) is 1. The minimum Gasteiger partial charge on any atom is -0.457 e. The van der Waals surface area contributed by atoms with E-state index in [0.29, 0.717) is 17.9 Å². The van der Waals surface area contributed by atoms with Gasteiger partial charge >= 0.3 is 0 Å². The molecule has 20 heavy (non-hydrogen) atoms. The van der Waals surface area contributed by atoms with Crippen LogP contribution in [0, 0.1) is 5.82 Å². The molecule has 0 aliphatic rings. The summed E-state index contributed by atoms with van der Waals surface area (Å²) in [5, 5.41) is 0. The first-order chi connectivity index (χ1) is 9.58. The van der Waals surface area contributed by atoms with Crippen LogP contribution in [0.15, 0.2) is 46.9 Å². The van der Waals surface area contributed by atoms with E-state index in [1.807, 2.05) is 31.2 Å². The predicted molar refractivity (Wildman–Crippen MR) is 82.6 cm³/mol. The molecule has 0 saturated heterocycles. The number of nitrogens with two attached hydrogens (primary N) is 1. The number of hydrogen-bond acceptors (Lipinski definition) is 2. The minimum atomic E-state index is -0.272. The zero-order valence-electron chi connectivity index (χ0n) is 11.3. The van der Waals surface area contributed by atoms with Gasteiger partial charge in [0.05, 0.1) is 0 Å². The highest BCUT2D eigenvalue weighted by Crippen LogP contribution is 2.28. The molecule has 0 bridgehead atoms. The molecule has 0 spiro atoms. The maximum atomic E-state index is 13.4. The van der Waals surface area contributed by atoms with E-state index >= 15 is 0 Å². The van der Waals surface area contributed by atoms with Crippen molar-refractivity contribution in [3.05, 3.63) is 58.3 Å². The standard InChI is InChI=1S/C16H17BrFNO/c1-2-14(19)10-11-9-13(18)5-8-16(11)20-15-6-3-12(17)4-7-15/h3-9,14H,2,10,19H2,1H3. The first-order valence-electron chi connectivity index (χ1n) is 6.56. The van der Waals surface area contributed by atoms with Crippen LogP contribution in [0.1, 0.15) is 18.9 Å². The molecule has 0 fully saturated rings. The van der Waals surface area contributed by atoms with Crippen molar-refractivity contribution in [2.24, 2.45) is 5.73 Å². The van der Waals surface area contributed by atoms with Crippen molar-refractivity contribution in [1.82, 2.24) is 0 Å². The van der Waals surface area contributed by atoms with E-state index in [1.54, 1.807) is 6.07 Å². The Bertz CT molecular complexity index is 571. The maximum absolute atomic E-state index is 13.4. The fourth-order valence-electron chi connectivity index (χ4n) is 1.86. The largest absolute Gasteiger partial charge is 0.457 e. The molecule has 2 aromatic carbocycles. The Morgan fingerprint density at radius 3 is 2.55 bits per heavy atom. The lowest BCUT2D eigenvalue weighted by atomic mass is 10.0. The van der Waals surface area contributed by atoms with Gasteiger partial charge < -0.3 is 10.5 Å². The summed E-state index contributed by atoms with van der Waals surface area (Å²) in [5.41, 5.74) is 6.75. The molecule has 106 valence electrons. The van der Waals surface area contributed by atoms with Crippen molar-refractivity contribution in [3.63, 3.8) is 0 Å². The monoisotopic (exact) mass is 337 g/mol. The van der Waals surface area contributed by atoms with Crippen LogP contribution in [-0.4, -0.2) is 6.04 Å². The van der Waals surface area contributed by atoms with Crippen molar-refractivity contribution in [2.75, 3.05) is 0 Å². The van der Waals surface area contributed by atoms with Crippen LogP contribution in [-0.2, 0) is 6.42 Å². The van der Waals surface area contributed by atoms with Gasteiger partial charge in [0.1, 0.15) is 17.3 Å². The van der Waals surface area contributed by atoms with Gasteiger partial charge in [0, 0.05) is 10.5 Å². The minimum absolute atomic E-state index is 0.00377. The van der Waals surface area contributed by atoms with E-state index in [9.17, 15) is 4.39 Å². The van der Waals surface area contributed by atoms with E-state index in [0.717, 1.165) is 16.5 Å². The highest BCUT2D eigenvalue weighted by Gasteiger charge is 2.10. The fraction of sp³-hybridized carbons (Fsp3) is 0.250. The van der Waals surface area contributed by atoms with Crippen LogP contribution in [0.2, 0.25) is 0 Å². The van der Waals surface area contributed by atoms with Gasteiger partial charge in [-0.3, -0.25) is 0 Å². The Morgan fingerprint density at radius 2 is 1.90 bits per heavy atom. The van der Waals surface area contributed by atoms with E-state index in [-0.39, 0.29) is 11.9 Å². The molecule has 2 N–H and O–H groups in total. The molecule has 4 heteroatoms. The average molecular weight is 338 g/mol. The Hall–Kier alpha value is -1.39. The molecule has 0 aliphatic carbocycles. The topological polar surface area (TPSA) is 35.2 Å². The summed E-state index contributed by atoms with van der Waals surface area (Å²) in [4.78, 5) is 0. The Balaban J connectivity index is 2.23. The molecule has 0 saturated carbocycles. The van der Waals surface area contributed by atoms with Gasteiger partial charge in [-0.15, -0.1) is 0 Å². The van der Waals surface area contributed by atoms with Crippen LogP contribution in [0.3, 0.4) is 0 Å². The second kappa shape index (κ2) is 6.86. The predicted octanol–water partition coefficient (Wildman–Crippen LogP) is 4.66. The van der Waals surface area contributed by atoms with Gasteiger partial charge in [-0.05, 0) is 60.9 Å². The van der Waals surface area contributed by atoms with Crippen molar-refractivity contribution >= 4 is 15.9 Å². The third kappa shape index (κ3) is 4.05.